The lowest BCUT2D eigenvalue weighted by Gasteiger charge is -2.25. The maximum absolute atomic E-state index is 14.0. The second-order valence-electron chi connectivity index (χ2n) is 8.12. The first-order valence-corrected chi connectivity index (χ1v) is 11.9. The lowest BCUT2D eigenvalue weighted by Crippen LogP contribution is -2.41. The Balaban J connectivity index is 1.86. The van der Waals surface area contributed by atoms with Crippen LogP contribution < -0.4 is 24.5 Å². The summed E-state index contributed by atoms with van der Waals surface area (Å²) in [5.41, 5.74) is 2.71. The van der Waals surface area contributed by atoms with Crippen LogP contribution >= 0.6 is 11.3 Å². The van der Waals surface area contributed by atoms with E-state index in [1.165, 1.54) is 16.6 Å². The first-order valence-electron chi connectivity index (χ1n) is 11.1. The Morgan fingerprint density at radius 2 is 1.83 bits per heavy atom. The predicted octanol–water partition coefficient (Wildman–Crippen LogP) is 2.15. The van der Waals surface area contributed by atoms with Crippen molar-refractivity contribution in [3.63, 3.8) is 0 Å². The summed E-state index contributed by atoms with van der Waals surface area (Å²) in [5.74, 6) is -0.287. The molecule has 0 fully saturated rings. The summed E-state index contributed by atoms with van der Waals surface area (Å²) >= 11 is 1.14. The third kappa shape index (κ3) is 3.42. The summed E-state index contributed by atoms with van der Waals surface area (Å²) < 4.78 is 12.7. The normalized spacial score (nSPS) is 18.2. The molecular weight excluding hydrogens is 466 g/mol. The summed E-state index contributed by atoms with van der Waals surface area (Å²) in [4.78, 5) is 46.8. The van der Waals surface area contributed by atoms with Gasteiger partial charge in [0.05, 0.1) is 36.2 Å². The van der Waals surface area contributed by atoms with Gasteiger partial charge in [0.2, 0.25) is 0 Å². The van der Waals surface area contributed by atoms with E-state index in [4.69, 9.17) is 9.47 Å². The highest BCUT2D eigenvalue weighted by molar-refractivity contribution is 7.07. The van der Waals surface area contributed by atoms with E-state index in [0.29, 0.717) is 32.9 Å². The molecule has 0 saturated carbocycles. The molecule has 0 radical (unpaired) electrons. The number of hydrogen-bond acceptors (Lipinski definition) is 7. The van der Waals surface area contributed by atoms with E-state index in [9.17, 15) is 14.4 Å². The maximum atomic E-state index is 14.0. The topological polar surface area (TPSA) is 90.2 Å². The molecule has 0 N–H and O–H groups in total. The number of esters is 1. The maximum Gasteiger partial charge on any atom is 0.338 e. The van der Waals surface area contributed by atoms with E-state index in [1.807, 2.05) is 42.5 Å². The number of hydrogen-bond donors (Lipinski definition) is 0. The van der Waals surface area contributed by atoms with E-state index in [-0.39, 0.29) is 22.6 Å². The van der Waals surface area contributed by atoms with E-state index < -0.39 is 17.6 Å². The second-order valence-corrected chi connectivity index (χ2v) is 9.10. The van der Waals surface area contributed by atoms with Crippen LogP contribution in [0.15, 0.2) is 69.6 Å². The Morgan fingerprint density at radius 3 is 2.57 bits per heavy atom. The Kier molecular flexibility index (Phi) is 5.64. The van der Waals surface area contributed by atoms with Gasteiger partial charge in [-0.25, -0.2) is 9.79 Å². The number of nitrogens with zero attached hydrogens (tertiary/aromatic N) is 3. The van der Waals surface area contributed by atoms with Crippen LogP contribution in [0, 0.1) is 0 Å². The van der Waals surface area contributed by atoms with Crippen molar-refractivity contribution in [2.45, 2.75) is 19.9 Å². The van der Waals surface area contributed by atoms with E-state index >= 15 is 0 Å². The molecule has 1 aromatic heterocycles. The van der Waals surface area contributed by atoms with Crippen molar-refractivity contribution in [3.05, 3.63) is 90.6 Å². The number of carbonyl (C=O) groups excluding carboxylic acids is 2. The third-order valence-electron chi connectivity index (χ3n) is 6.21. The summed E-state index contributed by atoms with van der Waals surface area (Å²) in [6.45, 7) is 3.63. The Morgan fingerprint density at radius 1 is 1.11 bits per heavy atom. The summed E-state index contributed by atoms with van der Waals surface area (Å²) in [6.07, 6.45) is 0. The van der Waals surface area contributed by atoms with Crippen LogP contribution in [0.5, 0.6) is 5.75 Å². The van der Waals surface area contributed by atoms with E-state index in [1.54, 1.807) is 27.0 Å². The van der Waals surface area contributed by atoms with Crippen molar-refractivity contribution < 1.29 is 19.1 Å². The van der Waals surface area contributed by atoms with E-state index in [2.05, 4.69) is 4.99 Å². The molecular formula is C26H23N3O5S. The standard InChI is InChI=1S/C26H23N3O5S/c1-5-34-25(32)19-14(2)27-26-29(21(19)16-11-7-9-13-18(16)33-4)24(31)22(35-26)20-15-10-6-8-12-17(15)28(3)23(20)30/h6-13,21H,5H2,1-4H3/b22-20-/t21-/m0/s1. The molecule has 0 spiro atoms. The highest BCUT2D eigenvalue weighted by Crippen LogP contribution is 2.36. The molecule has 0 aliphatic carbocycles. The van der Waals surface area contributed by atoms with Gasteiger partial charge >= 0.3 is 5.97 Å². The van der Waals surface area contributed by atoms with E-state index in [0.717, 1.165) is 17.0 Å². The highest BCUT2D eigenvalue weighted by atomic mass is 32.1. The van der Waals surface area contributed by atoms with Gasteiger partial charge < -0.3 is 14.4 Å². The predicted molar refractivity (Wildman–Crippen MR) is 132 cm³/mol. The van der Waals surface area contributed by atoms with Gasteiger partial charge in [0, 0.05) is 18.2 Å². The molecule has 9 heteroatoms. The van der Waals surface area contributed by atoms with Crippen molar-refractivity contribution in [2.75, 3.05) is 25.7 Å². The number of ether oxygens (including phenoxy) is 2. The molecule has 3 heterocycles. The minimum Gasteiger partial charge on any atom is -0.496 e. The SMILES string of the molecule is CCOC(=O)C1=C(C)N=c2s/c(=C3\C(=O)N(C)c4ccccc43)c(=O)n2[C@H]1c1ccccc1OC. The van der Waals surface area contributed by atoms with Gasteiger partial charge in [-0.2, -0.15) is 0 Å². The number of allylic oxidation sites excluding steroid dienone is 1. The van der Waals surface area contributed by atoms with Crippen molar-refractivity contribution in [2.24, 2.45) is 4.99 Å². The smallest absolute Gasteiger partial charge is 0.338 e. The Bertz CT molecular complexity index is 1600. The van der Waals surface area contributed by atoms with Crippen molar-refractivity contribution >= 4 is 34.5 Å². The zero-order valence-corrected chi connectivity index (χ0v) is 20.5. The van der Waals surface area contributed by atoms with Crippen LogP contribution in [0.25, 0.3) is 5.57 Å². The Labute approximate surface area is 205 Å². The molecule has 2 aliphatic heterocycles. The Hall–Kier alpha value is -3.98. The number of aromatic nitrogens is 1. The van der Waals surface area contributed by atoms with Gasteiger partial charge in [0.15, 0.2) is 4.80 Å². The second kappa shape index (κ2) is 8.66. The van der Waals surface area contributed by atoms with Crippen molar-refractivity contribution in [1.82, 2.24) is 4.57 Å². The van der Waals surface area contributed by atoms with Crippen LogP contribution in [-0.2, 0) is 14.3 Å². The molecule has 178 valence electrons. The molecule has 2 aliphatic rings. The quantitative estimate of drug-likeness (QED) is 0.524. The molecule has 2 aromatic carbocycles. The lowest BCUT2D eigenvalue weighted by molar-refractivity contribution is -0.139. The fraction of sp³-hybridized carbons (Fsp3) is 0.231. The minimum absolute atomic E-state index is 0.181. The number of carbonyl (C=O) groups is 2. The van der Waals surface area contributed by atoms with Gasteiger partial charge in [-0.1, -0.05) is 47.7 Å². The fourth-order valence-corrected chi connectivity index (χ4v) is 5.75. The molecule has 0 bridgehead atoms. The number of thiazole rings is 1. The molecule has 8 nitrogen and oxygen atoms in total. The fourth-order valence-electron chi connectivity index (χ4n) is 4.62. The van der Waals surface area contributed by atoms with Gasteiger partial charge in [0.25, 0.3) is 11.5 Å². The number of para-hydroxylation sites is 2. The van der Waals surface area contributed by atoms with Gasteiger partial charge in [-0.3, -0.25) is 14.2 Å². The summed E-state index contributed by atoms with van der Waals surface area (Å²) in [6, 6.07) is 13.8. The number of likely N-dealkylation sites (N-methyl/N-ethyl adjacent to an activating group) is 1. The van der Waals surface area contributed by atoms with Crippen LogP contribution in [0.2, 0.25) is 0 Å². The molecule has 1 amide bonds. The molecule has 0 unspecified atom stereocenters. The van der Waals surface area contributed by atoms with Gasteiger partial charge in [0.1, 0.15) is 16.3 Å². The summed E-state index contributed by atoms with van der Waals surface area (Å²) in [7, 11) is 3.22. The molecule has 3 aromatic rings. The van der Waals surface area contributed by atoms with Crippen LogP contribution in [0.3, 0.4) is 0 Å². The number of methoxy groups -OCH3 is 1. The van der Waals surface area contributed by atoms with Crippen molar-refractivity contribution in [1.29, 1.82) is 0 Å². The number of benzene rings is 2. The highest BCUT2D eigenvalue weighted by Gasteiger charge is 2.37. The van der Waals surface area contributed by atoms with Gasteiger partial charge in [-0.05, 0) is 26.0 Å². The van der Waals surface area contributed by atoms with Crippen molar-refractivity contribution in [3.8, 4) is 5.75 Å². The van der Waals surface area contributed by atoms with Crippen LogP contribution in [-0.4, -0.2) is 37.2 Å². The monoisotopic (exact) mass is 489 g/mol. The van der Waals surface area contributed by atoms with Crippen LogP contribution in [0.1, 0.15) is 31.0 Å². The molecule has 35 heavy (non-hydrogen) atoms. The molecule has 5 rings (SSSR count). The first kappa shape index (κ1) is 22.8. The third-order valence-corrected chi connectivity index (χ3v) is 7.26. The van der Waals surface area contributed by atoms with Crippen LogP contribution in [0.4, 0.5) is 5.69 Å². The largest absolute Gasteiger partial charge is 0.496 e. The van der Waals surface area contributed by atoms with Gasteiger partial charge in [-0.15, -0.1) is 0 Å². The molecule has 0 saturated heterocycles. The first-order chi connectivity index (χ1) is 16.9. The number of fused-ring (bicyclic) bond motifs is 2. The molecule has 1 atom stereocenters. The average Bonchev–Trinajstić information content (AvgIpc) is 3.31. The lowest BCUT2D eigenvalue weighted by atomic mass is 9.95. The average molecular weight is 490 g/mol. The zero-order valence-electron chi connectivity index (χ0n) is 19.7. The number of rotatable bonds is 4. The summed E-state index contributed by atoms with van der Waals surface area (Å²) in [5, 5.41) is 0. The number of anilines is 1. The minimum atomic E-state index is -0.819. The number of amides is 1. The zero-order chi connectivity index (χ0) is 24.9.